The molecule has 1 aliphatic heterocycles. The van der Waals surface area contributed by atoms with Crippen LogP contribution in [0.4, 0.5) is 0 Å². The van der Waals surface area contributed by atoms with Crippen LogP contribution in [0, 0.1) is 0 Å². The molecule has 1 rings (SSSR count). The number of rotatable bonds is 0. The van der Waals surface area contributed by atoms with Gasteiger partial charge in [-0.1, -0.05) is 0 Å². The molecule has 0 aromatic carbocycles. The Labute approximate surface area is 49.7 Å². The molecule has 1 heterocycles. The van der Waals surface area contributed by atoms with Crippen molar-refractivity contribution in [2.24, 2.45) is 16.5 Å². The second kappa shape index (κ2) is 1.42. The van der Waals surface area contributed by atoms with Crippen LogP contribution in [0.3, 0.4) is 0 Å². The molecule has 8 heavy (non-hydrogen) atoms. The van der Waals surface area contributed by atoms with E-state index in [0.29, 0.717) is 0 Å². The summed E-state index contributed by atoms with van der Waals surface area (Å²) >= 11 is 0. The van der Waals surface area contributed by atoms with Gasteiger partial charge in [-0.25, -0.2) is 0 Å². The van der Waals surface area contributed by atoms with E-state index in [2.05, 4.69) is 0 Å². The van der Waals surface area contributed by atoms with Crippen molar-refractivity contribution >= 4 is 7.06 Å². The maximum absolute atomic E-state index is 5.71. The van der Waals surface area contributed by atoms with Crippen molar-refractivity contribution in [3.8, 4) is 0 Å². The second-order valence-electron chi connectivity index (χ2n) is 2.92. The molecular weight excluding hydrogens is 121 g/mol. The number of hydrogen-bond acceptors (Lipinski definition) is 3. The molecule has 0 aromatic rings. The SMILES string of the molecule is NP1(N)(N)CCCC1. The summed E-state index contributed by atoms with van der Waals surface area (Å²) in [6.07, 6.45) is 4.01. The summed E-state index contributed by atoms with van der Waals surface area (Å²) in [6.45, 7) is 0. The van der Waals surface area contributed by atoms with Gasteiger partial charge in [0.2, 0.25) is 0 Å². The van der Waals surface area contributed by atoms with Crippen molar-refractivity contribution in [2.45, 2.75) is 12.8 Å². The topological polar surface area (TPSA) is 78.1 Å². The van der Waals surface area contributed by atoms with Crippen LogP contribution in [0.15, 0.2) is 0 Å². The summed E-state index contributed by atoms with van der Waals surface area (Å²) in [5, 5.41) is 0. The Kier molecular flexibility index (Phi) is 1.14. The molecule has 50 valence electrons. The number of nitrogens with two attached hydrogens (primary N) is 3. The number of hydrogen-bond donors (Lipinski definition) is 3. The minimum absolute atomic E-state index is 0.881. The maximum atomic E-state index is 5.71. The van der Waals surface area contributed by atoms with Crippen LogP contribution in [0.2, 0.25) is 0 Å². The van der Waals surface area contributed by atoms with Crippen LogP contribution in [-0.2, 0) is 0 Å². The van der Waals surface area contributed by atoms with Crippen molar-refractivity contribution in [2.75, 3.05) is 12.3 Å². The monoisotopic (exact) mass is 135 g/mol. The average molecular weight is 135 g/mol. The molecule has 6 N–H and O–H groups in total. The molecule has 1 fully saturated rings. The van der Waals surface area contributed by atoms with Gasteiger partial charge in [0.15, 0.2) is 0 Å². The van der Waals surface area contributed by atoms with E-state index >= 15 is 0 Å². The summed E-state index contributed by atoms with van der Waals surface area (Å²) in [7, 11) is -2.49. The zero-order valence-corrected chi connectivity index (χ0v) is 5.90. The molecular formula is C4H14N3P. The van der Waals surface area contributed by atoms with Gasteiger partial charge in [-0.05, 0) is 0 Å². The molecule has 0 atom stereocenters. The molecule has 0 amide bonds. The quantitative estimate of drug-likeness (QED) is 0.407. The zero-order chi connectivity index (χ0) is 6.28. The van der Waals surface area contributed by atoms with E-state index in [4.69, 9.17) is 16.5 Å². The van der Waals surface area contributed by atoms with Crippen molar-refractivity contribution in [1.29, 1.82) is 0 Å². The molecule has 4 heteroatoms. The Balaban J connectivity index is 2.67. The fourth-order valence-corrected chi connectivity index (χ4v) is 3.32. The molecule has 1 saturated heterocycles. The Morgan fingerprint density at radius 2 is 1.25 bits per heavy atom. The van der Waals surface area contributed by atoms with Gasteiger partial charge in [-0.2, -0.15) is 0 Å². The Hall–Kier alpha value is 0.310. The molecule has 0 aromatic heterocycles. The third-order valence-electron chi connectivity index (χ3n) is 1.66. The van der Waals surface area contributed by atoms with Gasteiger partial charge in [0.05, 0.1) is 0 Å². The molecule has 3 nitrogen and oxygen atoms in total. The predicted octanol–water partition coefficient (Wildman–Crippen LogP) is -0.0454. The molecule has 0 radical (unpaired) electrons. The summed E-state index contributed by atoms with van der Waals surface area (Å²) in [5.74, 6) is 0. The minimum atomic E-state index is -2.49. The van der Waals surface area contributed by atoms with Gasteiger partial charge in [-0.15, -0.1) is 0 Å². The van der Waals surface area contributed by atoms with Gasteiger partial charge in [0, 0.05) is 0 Å². The fraction of sp³-hybridized carbons (Fsp3) is 1.00. The van der Waals surface area contributed by atoms with E-state index in [9.17, 15) is 0 Å². The second-order valence-corrected chi connectivity index (χ2v) is 7.35. The predicted molar refractivity (Wildman–Crippen MR) is 38.5 cm³/mol. The van der Waals surface area contributed by atoms with E-state index in [1.54, 1.807) is 0 Å². The fourth-order valence-electron chi connectivity index (χ4n) is 1.11. The molecule has 1 aliphatic rings. The van der Waals surface area contributed by atoms with Crippen molar-refractivity contribution in [3.05, 3.63) is 0 Å². The van der Waals surface area contributed by atoms with E-state index in [-0.39, 0.29) is 0 Å². The standard InChI is InChI=1S/C4H14N3P/c5-8(6,7)3-1-2-4-8/h1-7H2. The molecule has 0 saturated carbocycles. The molecule has 0 aliphatic carbocycles. The molecule has 0 unspecified atom stereocenters. The first-order valence-corrected chi connectivity index (χ1v) is 5.72. The van der Waals surface area contributed by atoms with Gasteiger partial charge in [0.1, 0.15) is 0 Å². The van der Waals surface area contributed by atoms with E-state index in [1.807, 2.05) is 0 Å². The van der Waals surface area contributed by atoms with Crippen LogP contribution >= 0.6 is 7.06 Å². The van der Waals surface area contributed by atoms with E-state index < -0.39 is 7.06 Å². The molecule has 0 spiro atoms. The zero-order valence-electron chi connectivity index (χ0n) is 5.01. The van der Waals surface area contributed by atoms with E-state index in [0.717, 1.165) is 25.2 Å². The van der Waals surface area contributed by atoms with Crippen LogP contribution in [0.25, 0.3) is 0 Å². The average Bonchev–Trinajstić information content (AvgIpc) is 1.81. The van der Waals surface area contributed by atoms with Crippen LogP contribution in [0.5, 0.6) is 0 Å². The summed E-state index contributed by atoms with van der Waals surface area (Å²) in [6, 6.07) is 0. The summed E-state index contributed by atoms with van der Waals surface area (Å²) in [4.78, 5) is 0. The Morgan fingerprint density at radius 3 is 1.38 bits per heavy atom. The van der Waals surface area contributed by atoms with Gasteiger partial charge < -0.3 is 0 Å². The van der Waals surface area contributed by atoms with Crippen molar-refractivity contribution in [3.63, 3.8) is 0 Å². The Morgan fingerprint density at radius 1 is 0.875 bits per heavy atom. The van der Waals surface area contributed by atoms with Crippen molar-refractivity contribution < 1.29 is 0 Å². The van der Waals surface area contributed by atoms with Crippen molar-refractivity contribution in [1.82, 2.24) is 0 Å². The molecule has 0 bridgehead atoms. The van der Waals surface area contributed by atoms with Crippen LogP contribution in [-0.4, -0.2) is 12.3 Å². The van der Waals surface area contributed by atoms with Crippen LogP contribution in [0.1, 0.15) is 12.8 Å². The van der Waals surface area contributed by atoms with Gasteiger partial charge in [0.25, 0.3) is 0 Å². The third-order valence-corrected chi connectivity index (χ3v) is 4.47. The summed E-state index contributed by atoms with van der Waals surface area (Å²) < 4.78 is 0. The first kappa shape index (κ1) is 6.43. The first-order chi connectivity index (χ1) is 3.47. The van der Waals surface area contributed by atoms with Crippen LogP contribution < -0.4 is 16.5 Å². The Bertz CT molecular complexity index is 93.6. The third kappa shape index (κ3) is 1.39. The normalized spacial score (nSPS) is 38.1. The van der Waals surface area contributed by atoms with Gasteiger partial charge in [-0.3, -0.25) is 0 Å². The first-order valence-electron chi connectivity index (χ1n) is 2.91. The van der Waals surface area contributed by atoms with Gasteiger partial charge >= 0.3 is 48.7 Å². The summed E-state index contributed by atoms with van der Waals surface area (Å²) in [5.41, 5.74) is 17.1. The van der Waals surface area contributed by atoms with E-state index in [1.165, 1.54) is 0 Å².